The third kappa shape index (κ3) is 7.18. The van der Waals surface area contributed by atoms with Crippen LogP contribution in [0.4, 0.5) is 20.2 Å². The van der Waals surface area contributed by atoms with Gasteiger partial charge >= 0.3 is 5.97 Å². The molecular formula is C30H31ClF2N2O6. The van der Waals surface area contributed by atoms with Gasteiger partial charge in [0.15, 0.2) is 0 Å². The highest BCUT2D eigenvalue weighted by atomic mass is 35.5. The number of carboxylic acids is 1. The van der Waals surface area contributed by atoms with E-state index in [0.717, 1.165) is 12.5 Å². The average molecular weight is 589 g/mol. The van der Waals surface area contributed by atoms with Gasteiger partial charge < -0.3 is 29.5 Å². The molecule has 2 N–H and O–H groups in total. The van der Waals surface area contributed by atoms with Crippen molar-refractivity contribution in [2.24, 2.45) is 0 Å². The second kappa shape index (κ2) is 12.6. The molecule has 0 aliphatic carbocycles. The normalized spacial score (nSPS) is 13.4. The lowest BCUT2D eigenvalue weighted by Gasteiger charge is -2.28. The quantitative estimate of drug-likeness (QED) is 0.235. The minimum Gasteiger partial charge on any atom is -0.497 e. The molecule has 1 aliphatic heterocycles. The van der Waals surface area contributed by atoms with Crippen LogP contribution in [-0.2, 0) is 21.9 Å². The van der Waals surface area contributed by atoms with Crippen LogP contribution < -0.4 is 24.4 Å². The van der Waals surface area contributed by atoms with Crippen molar-refractivity contribution in [3.8, 4) is 17.2 Å². The number of amides is 1. The summed E-state index contributed by atoms with van der Waals surface area (Å²) in [7, 11) is 2.95. The van der Waals surface area contributed by atoms with Crippen molar-refractivity contribution in [3.63, 3.8) is 0 Å². The molecule has 0 radical (unpaired) electrons. The Balaban J connectivity index is 1.71. The van der Waals surface area contributed by atoms with Crippen molar-refractivity contribution in [2.45, 2.75) is 38.2 Å². The maximum atomic E-state index is 14.2. The molecule has 1 atom stereocenters. The summed E-state index contributed by atoms with van der Waals surface area (Å²) in [5.74, 6) is -3.15. The lowest BCUT2D eigenvalue weighted by molar-refractivity contribution is -0.137. The highest BCUT2D eigenvalue weighted by molar-refractivity contribution is 6.30. The fourth-order valence-electron chi connectivity index (χ4n) is 4.67. The van der Waals surface area contributed by atoms with E-state index in [1.54, 1.807) is 42.5 Å². The van der Waals surface area contributed by atoms with Gasteiger partial charge in [0.1, 0.15) is 23.3 Å². The first-order valence-electron chi connectivity index (χ1n) is 13.0. The summed E-state index contributed by atoms with van der Waals surface area (Å²) in [6.45, 7) is 1.31. The molecule has 3 aromatic carbocycles. The minimum atomic E-state index is -3.06. The number of hydrogen-bond acceptors (Lipinski definition) is 6. The number of rotatable bonds is 12. The fraction of sp³-hybridized carbons (Fsp3) is 0.333. The lowest BCUT2D eigenvalue weighted by atomic mass is 10.0. The van der Waals surface area contributed by atoms with Crippen molar-refractivity contribution in [1.82, 2.24) is 0 Å². The zero-order chi connectivity index (χ0) is 29.7. The minimum absolute atomic E-state index is 0.0367. The Hall–Kier alpha value is -4.05. The van der Waals surface area contributed by atoms with Crippen LogP contribution in [0.15, 0.2) is 54.6 Å². The van der Waals surface area contributed by atoms with E-state index in [0.29, 0.717) is 58.6 Å². The SMILES string of the molecule is COc1cc(NC(C(=O)N2CCc3ccc(C(C)(F)F)cc32)c2ccc(Cl)cc2OC)cc(OCCCC(=O)O)c1. The van der Waals surface area contributed by atoms with Crippen LogP contribution in [0, 0.1) is 0 Å². The van der Waals surface area contributed by atoms with Crippen molar-refractivity contribution in [2.75, 3.05) is 37.6 Å². The summed E-state index contributed by atoms with van der Waals surface area (Å²) in [6.07, 6.45) is 0.797. The maximum Gasteiger partial charge on any atom is 0.303 e. The van der Waals surface area contributed by atoms with E-state index in [-0.39, 0.29) is 24.5 Å². The number of halogens is 3. The third-order valence-corrected chi connectivity index (χ3v) is 6.97. The zero-order valence-electron chi connectivity index (χ0n) is 22.9. The smallest absolute Gasteiger partial charge is 0.303 e. The monoisotopic (exact) mass is 588 g/mol. The molecule has 0 bridgehead atoms. The van der Waals surface area contributed by atoms with Gasteiger partial charge in [-0.3, -0.25) is 9.59 Å². The van der Waals surface area contributed by atoms with Gasteiger partial charge in [-0.15, -0.1) is 0 Å². The summed E-state index contributed by atoms with van der Waals surface area (Å²) < 4.78 is 45.0. The first-order valence-corrected chi connectivity index (χ1v) is 13.3. The zero-order valence-corrected chi connectivity index (χ0v) is 23.6. The van der Waals surface area contributed by atoms with E-state index in [4.69, 9.17) is 30.9 Å². The predicted molar refractivity (Wildman–Crippen MR) is 152 cm³/mol. The van der Waals surface area contributed by atoms with Crippen LogP contribution in [0.25, 0.3) is 0 Å². The second-order valence-corrected chi connectivity index (χ2v) is 10.1. The van der Waals surface area contributed by atoms with Crippen LogP contribution >= 0.6 is 11.6 Å². The van der Waals surface area contributed by atoms with Crippen molar-refractivity contribution >= 4 is 34.9 Å². The van der Waals surface area contributed by atoms with E-state index in [1.165, 1.54) is 31.3 Å². The van der Waals surface area contributed by atoms with Gasteiger partial charge in [0, 0.05) is 65.6 Å². The Bertz CT molecular complexity index is 1430. The van der Waals surface area contributed by atoms with Crippen LogP contribution in [0.3, 0.4) is 0 Å². The third-order valence-electron chi connectivity index (χ3n) is 6.74. The highest BCUT2D eigenvalue weighted by Crippen LogP contribution is 2.39. The van der Waals surface area contributed by atoms with Crippen LogP contribution in [-0.4, -0.2) is 44.4 Å². The number of carbonyl (C=O) groups is 2. The summed E-state index contributed by atoms with van der Waals surface area (Å²) in [5.41, 5.74) is 2.01. The number of methoxy groups -OCH3 is 2. The number of alkyl halides is 2. The summed E-state index contributed by atoms with van der Waals surface area (Å²) in [4.78, 5) is 26.5. The molecule has 1 amide bonds. The number of nitrogens with zero attached hydrogens (tertiary/aromatic N) is 1. The molecule has 41 heavy (non-hydrogen) atoms. The van der Waals surface area contributed by atoms with Crippen LogP contribution in [0.1, 0.15) is 42.5 Å². The standard InChI is InChI=1S/C30H31ClF2N2O6/c1-30(32,33)19-7-6-18-10-11-35(25(18)13-19)29(38)28(24-9-8-20(31)14-26(24)40-3)34-21-15-22(39-2)17-23(16-21)41-12-4-5-27(36)37/h6-9,13-17,28,34H,4-5,10-12H2,1-3H3,(H,36,37). The van der Waals surface area contributed by atoms with Crippen LogP contribution in [0.5, 0.6) is 17.2 Å². The van der Waals surface area contributed by atoms with E-state index in [9.17, 15) is 18.4 Å². The first kappa shape index (κ1) is 29.9. The Morgan fingerprint density at radius 1 is 1.07 bits per heavy atom. The molecule has 8 nitrogen and oxygen atoms in total. The van der Waals surface area contributed by atoms with Gasteiger partial charge in [0.05, 0.1) is 20.8 Å². The van der Waals surface area contributed by atoms with Crippen LogP contribution in [0.2, 0.25) is 5.02 Å². The number of benzene rings is 3. The molecule has 0 saturated heterocycles. The van der Waals surface area contributed by atoms with Gasteiger partial charge in [-0.05, 0) is 36.6 Å². The number of aliphatic carboxylic acids is 1. The Morgan fingerprint density at radius 3 is 2.51 bits per heavy atom. The van der Waals surface area contributed by atoms with Crippen molar-refractivity contribution in [3.05, 3.63) is 76.3 Å². The second-order valence-electron chi connectivity index (χ2n) is 9.68. The molecule has 4 rings (SSSR count). The first-order chi connectivity index (χ1) is 19.5. The number of anilines is 2. The predicted octanol–water partition coefficient (Wildman–Crippen LogP) is 6.46. The molecular weight excluding hydrogens is 558 g/mol. The Kier molecular flexibility index (Phi) is 9.22. The molecule has 1 heterocycles. The summed E-state index contributed by atoms with van der Waals surface area (Å²) >= 11 is 6.20. The number of ether oxygens (including phenoxy) is 3. The maximum absolute atomic E-state index is 14.2. The van der Waals surface area contributed by atoms with E-state index < -0.39 is 17.9 Å². The molecule has 0 spiro atoms. The van der Waals surface area contributed by atoms with Gasteiger partial charge in [-0.25, -0.2) is 8.78 Å². The molecule has 1 aliphatic rings. The Labute approximate surface area is 241 Å². The van der Waals surface area contributed by atoms with Crippen molar-refractivity contribution < 1.29 is 37.7 Å². The largest absolute Gasteiger partial charge is 0.497 e. The Morgan fingerprint density at radius 2 is 1.83 bits per heavy atom. The number of hydrogen-bond donors (Lipinski definition) is 2. The summed E-state index contributed by atoms with van der Waals surface area (Å²) in [6, 6.07) is 13.3. The molecule has 0 saturated carbocycles. The molecule has 218 valence electrons. The molecule has 11 heteroatoms. The molecule has 0 fully saturated rings. The topological polar surface area (TPSA) is 97.3 Å². The molecule has 1 unspecified atom stereocenters. The average Bonchev–Trinajstić information content (AvgIpc) is 3.36. The fourth-order valence-corrected chi connectivity index (χ4v) is 4.83. The lowest BCUT2D eigenvalue weighted by Crippen LogP contribution is -2.37. The van der Waals surface area contributed by atoms with Gasteiger partial charge in [-0.1, -0.05) is 29.8 Å². The highest BCUT2D eigenvalue weighted by Gasteiger charge is 2.35. The number of fused-ring (bicyclic) bond motifs is 1. The van der Waals surface area contributed by atoms with E-state index in [2.05, 4.69) is 5.32 Å². The van der Waals surface area contributed by atoms with E-state index >= 15 is 0 Å². The molecule has 0 aromatic heterocycles. The van der Waals surface area contributed by atoms with Gasteiger partial charge in [0.2, 0.25) is 0 Å². The number of carboxylic acid groups (broad SMARTS) is 1. The van der Waals surface area contributed by atoms with E-state index in [1.807, 2.05) is 0 Å². The number of carbonyl (C=O) groups excluding carboxylic acids is 1. The van der Waals surface area contributed by atoms with Gasteiger partial charge in [0.25, 0.3) is 11.8 Å². The van der Waals surface area contributed by atoms with Crippen molar-refractivity contribution in [1.29, 1.82) is 0 Å². The summed E-state index contributed by atoms with van der Waals surface area (Å²) in [5, 5.41) is 12.5. The molecule has 3 aromatic rings. The van der Waals surface area contributed by atoms with Gasteiger partial charge in [-0.2, -0.15) is 0 Å². The number of nitrogens with one attached hydrogen (secondary N) is 1.